The van der Waals surface area contributed by atoms with E-state index in [-0.39, 0.29) is 23.5 Å². The van der Waals surface area contributed by atoms with Crippen molar-refractivity contribution >= 4 is 52.1 Å². The molecule has 1 fully saturated rings. The molecule has 0 saturated carbocycles. The molecule has 1 heterocycles. The molecule has 3 aromatic rings. The minimum absolute atomic E-state index is 0.0941. The first-order chi connectivity index (χ1) is 18.3. The first-order valence-corrected chi connectivity index (χ1v) is 12.9. The molecule has 0 aromatic heterocycles. The molecule has 4 rings (SSSR count). The highest BCUT2D eigenvalue weighted by molar-refractivity contribution is 7.80. The van der Waals surface area contributed by atoms with Crippen LogP contribution >= 0.6 is 23.8 Å². The lowest BCUT2D eigenvalue weighted by Gasteiger charge is -2.36. The van der Waals surface area contributed by atoms with E-state index >= 15 is 0 Å². The molecule has 0 radical (unpaired) electrons. The fourth-order valence-electron chi connectivity index (χ4n) is 4.13. The van der Waals surface area contributed by atoms with E-state index in [0.717, 1.165) is 16.9 Å². The number of aryl methyl sites for hydroxylation is 1. The first kappa shape index (κ1) is 27.2. The molecule has 0 aliphatic carbocycles. The first-order valence-electron chi connectivity index (χ1n) is 12.1. The molecule has 2 N–H and O–H groups in total. The van der Waals surface area contributed by atoms with Gasteiger partial charge in [-0.2, -0.15) is 0 Å². The summed E-state index contributed by atoms with van der Waals surface area (Å²) in [5.74, 6) is 0.734. The monoisotopic (exact) mass is 552 g/mol. The van der Waals surface area contributed by atoms with E-state index < -0.39 is 0 Å². The van der Waals surface area contributed by atoms with Crippen molar-refractivity contribution in [2.75, 3.05) is 50.1 Å². The van der Waals surface area contributed by atoms with Crippen LogP contribution in [-0.4, -0.2) is 61.7 Å². The van der Waals surface area contributed by atoms with Gasteiger partial charge in [0.2, 0.25) is 0 Å². The summed E-state index contributed by atoms with van der Waals surface area (Å²) >= 11 is 11.4. The zero-order valence-corrected chi connectivity index (χ0v) is 22.8. The number of hydrogen-bond donors (Lipinski definition) is 2. The van der Waals surface area contributed by atoms with Crippen molar-refractivity contribution in [3.8, 4) is 11.5 Å². The number of amides is 2. The number of benzene rings is 3. The highest BCUT2D eigenvalue weighted by Crippen LogP contribution is 2.26. The second-order valence-electron chi connectivity index (χ2n) is 8.73. The number of para-hydroxylation sites is 1. The van der Waals surface area contributed by atoms with Crippen molar-refractivity contribution in [2.45, 2.75) is 6.92 Å². The average Bonchev–Trinajstić information content (AvgIpc) is 2.92. The van der Waals surface area contributed by atoms with E-state index in [0.29, 0.717) is 48.3 Å². The number of thiocarbonyl (C=S) groups is 1. The van der Waals surface area contributed by atoms with E-state index in [1.54, 1.807) is 18.2 Å². The van der Waals surface area contributed by atoms with Gasteiger partial charge in [0.05, 0.1) is 12.7 Å². The van der Waals surface area contributed by atoms with Crippen LogP contribution in [0.15, 0.2) is 66.7 Å². The Labute approximate surface area is 232 Å². The van der Waals surface area contributed by atoms with Crippen LogP contribution in [0.4, 0.5) is 11.4 Å². The lowest BCUT2D eigenvalue weighted by Crippen LogP contribution is -2.48. The average molecular weight is 553 g/mol. The number of ether oxygens (including phenoxy) is 2. The Bertz CT molecular complexity index is 1310. The van der Waals surface area contributed by atoms with Gasteiger partial charge in [0.25, 0.3) is 11.8 Å². The molecule has 198 valence electrons. The smallest absolute Gasteiger partial charge is 0.264 e. The summed E-state index contributed by atoms with van der Waals surface area (Å²) in [6, 6.07) is 20.3. The molecule has 10 heteroatoms. The number of halogens is 1. The normalized spacial score (nSPS) is 13.0. The third kappa shape index (κ3) is 6.93. The Morgan fingerprint density at radius 1 is 0.974 bits per heavy atom. The third-order valence-electron chi connectivity index (χ3n) is 6.15. The van der Waals surface area contributed by atoms with Gasteiger partial charge in [0.1, 0.15) is 11.5 Å². The van der Waals surface area contributed by atoms with Crippen molar-refractivity contribution in [3.63, 3.8) is 0 Å². The number of piperazine rings is 1. The van der Waals surface area contributed by atoms with Gasteiger partial charge in [-0.1, -0.05) is 29.8 Å². The number of carbonyl (C=O) groups excluding carboxylic acids is 2. The summed E-state index contributed by atoms with van der Waals surface area (Å²) in [4.78, 5) is 29.3. The lowest BCUT2D eigenvalue weighted by atomic mass is 10.1. The fraction of sp³-hybridized carbons (Fsp3) is 0.250. The molecular formula is C28H29ClN4O4S. The van der Waals surface area contributed by atoms with Crippen LogP contribution in [0.3, 0.4) is 0 Å². The van der Waals surface area contributed by atoms with Gasteiger partial charge in [-0.05, 0) is 73.2 Å². The van der Waals surface area contributed by atoms with Gasteiger partial charge >= 0.3 is 0 Å². The number of anilines is 2. The maximum Gasteiger partial charge on any atom is 0.264 e. The predicted octanol–water partition coefficient (Wildman–Crippen LogP) is 4.51. The number of methoxy groups -OCH3 is 1. The number of rotatable bonds is 7. The van der Waals surface area contributed by atoms with Crippen LogP contribution in [0.5, 0.6) is 11.5 Å². The second-order valence-corrected chi connectivity index (χ2v) is 9.57. The largest absolute Gasteiger partial charge is 0.496 e. The molecule has 1 saturated heterocycles. The molecule has 0 atom stereocenters. The molecular weight excluding hydrogens is 524 g/mol. The molecule has 1 aliphatic rings. The quantitative estimate of drug-likeness (QED) is 0.417. The number of nitrogens with one attached hydrogen (secondary N) is 2. The Balaban J connectivity index is 1.25. The Morgan fingerprint density at radius 3 is 2.37 bits per heavy atom. The van der Waals surface area contributed by atoms with Gasteiger partial charge in [0, 0.05) is 42.6 Å². The van der Waals surface area contributed by atoms with Crippen LogP contribution in [0.2, 0.25) is 5.02 Å². The molecule has 38 heavy (non-hydrogen) atoms. The SMILES string of the molecule is COc1ccc(Cl)cc1C(=O)N1CCN(c2ccc(NC(=S)NC(=O)COc3ccccc3C)cc2)CC1. The molecule has 3 aromatic carbocycles. The van der Waals surface area contributed by atoms with E-state index in [1.165, 1.54) is 7.11 Å². The van der Waals surface area contributed by atoms with E-state index in [4.69, 9.17) is 33.3 Å². The molecule has 8 nitrogen and oxygen atoms in total. The van der Waals surface area contributed by atoms with Gasteiger partial charge in [-0.15, -0.1) is 0 Å². The van der Waals surface area contributed by atoms with E-state index in [2.05, 4.69) is 15.5 Å². The standard InChI is InChI=1S/C28H29ClN4O4S/c1-19-5-3-4-6-24(19)37-18-26(34)31-28(38)30-21-8-10-22(11-9-21)32-13-15-33(16-14-32)27(35)23-17-20(29)7-12-25(23)36-2/h3-12,17H,13-16,18H2,1-2H3,(H2,30,31,34,38). The lowest BCUT2D eigenvalue weighted by molar-refractivity contribution is -0.121. The summed E-state index contributed by atoms with van der Waals surface area (Å²) in [7, 11) is 1.54. The zero-order valence-electron chi connectivity index (χ0n) is 21.2. The third-order valence-corrected chi connectivity index (χ3v) is 6.59. The van der Waals surface area contributed by atoms with Crippen LogP contribution in [0.25, 0.3) is 0 Å². The zero-order chi connectivity index (χ0) is 27.1. The summed E-state index contributed by atoms with van der Waals surface area (Å²) in [5, 5.41) is 6.34. The van der Waals surface area contributed by atoms with Gasteiger partial charge in [-0.25, -0.2) is 0 Å². The summed E-state index contributed by atoms with van der Waals surface area (Å²) in [5.41, 5.74) is 3.20. The van der Waals surface area contributed by atoms with Crippen LogP contribution in [0.1, 0.15) is 15.9 Å². The van der Waals surface area contributed by atoms with Gasteiger partial charge < -0.3 is 24.6 Å². The minimum atomic E-state index is -0.342. The molecule has 1 aliphatic heterocycles. The van der Waals surface area contributed by atoms with Crippen LogP contribution in [0, 0.1) is 6.92 Å². The molecule has 0 unspecified atom stereocenters. The fourth-order valence-corrected chi connectivity index (χ4v) is 4.53. The van der Waals surface area contributed by atoms with E-state index in [9.17, 15) is 9.59 Å². The highest BCUT2D eigenvalue weighted by atomic mass is 35.5. The summed E-state index contributed by atoms with van der Waals surface area (Å²) in [6.07, 6.45) is 0. The Morgan fingerprint density at radius 2 is 1.68 bits per heavy atom. The number of carbonyl (C=O) groups is 2. The van der Waals surface area contributed by atoms with Crippen molar-refractivity contribution in [3.05, 3.63) is 82.9 Å². The molecule has 0 bridgehead atoms. The maximum absolute atomic E-state index is 13.0. The van der Waals surface area contributed by atoms with Crippen LogP contribution in [-0.2, 0) is 4.79 Å². The topological polar surface area (TPSA) is 83.1 Å². The minimum Gasteiger partial charge on any atom is -0.496 e. The van der Waals surface area contributed by atoms with Crippen molar-refractivity contribution in [2.24, 2.45) is 0 Å². The van der Waals surface area contributed by atoms with Crippen LogP contribution < -0.4 is 25.0 Å². The Hall–Kier alpha value is -3.82. The van der Waals surface area contributed by atoms with Crippen molar-refractivity contribution in [1.29, 1.82) is 0 Å². The Kier molecular flexibility index (Phi) is 9.04. The van der Waals surface area contributed by atoms with Crippen molar-refractivity contribution < 1.29 is 19.1 Å². The molecule has 2 amide bonds. The predicted molar refractivity (Wildman–Crippen MR) is 154 cm³/mol. The molecule has 0 spiro atoms. The second kappa shape index (κ2) is 12.6. The van der Waals surface area contributed by atoms with E-state index in [1.807, 2.05) is 60.4 Å². The highest BCUT2D eigenvalue weighted by Gasteiger charge is 2.24. The van der Waals surface area contributed by atoms with Gasteiger partial charge in [0.15, 0.2) is 11.7 Å². The van der Waals surface area contributed by atoms with Gasteiger partial charge in [-0.3, -0.25) is 14.9 Å². The summed E-state index contributed by atoms with van der Waals surface area (Å²) < 4.78 is 10.9. The maximum atomic E-state index is 13.0. The van der Waals surface area contributed by atoms with Crippen molar-refractivity contribution in [1.82, 2.24) is 10.2 Å². The number of nitrogens with zero attached hydrogens (tertiary/aromatic N) is 2. The number of hydrogen-bond acceptors (Lipinski definition) is 6. The summed E-state index contributed by atoms with van der Waals surface area (Å²) in [6.45, 7) is 4.32.